The van der Waals surface area contributed by atoms with Crippen molar-refractivity contribution in [2.45, 2.75) is 18.8 Å². The molecule has 15 heavy (non-hydrogen) atoms. The van der Waals surface area contributed by atoms with E-state index in [1.54, 1.807) is 0 Å². The van der Waals surface area contributed by atoms with Gasteiger partial charge < -0.3 is 4.79 Å². The molecule has 2 rings (SSSR count). The number of benzene rings is 1. The third kappa shape index (κ3) is 2.24. The van der Waals surface area contributed by atoms with Crippen LogP contribution in [0.3, 0.4) is 0 Å². The SMILES string of the molecule is O=CC[C@H](C1=CCC=C1)c1ccccc1. The molecular formula is C14H14O. The van der Waals surface area contributed by atoms with Crippen molar-refractivity contribution >= 4 is 6.29 Å². The molecule has 1 aromatic carbocycles. The van der Waals surface area contributed by atoms with Crippen LogP contribution in [0.4, 0.5) is 0 Å². The minimum Gasteiger partial charge on any atom is -0.303 e. The molecule has 1 heteroatoms. The second-order valence-electron chi connectivity index (χ2n) is 3.71. The van der Waals surface area contributed by atoms with Crippen molar-refractivity contribution in [3.05, 3.63) is 59.7 Å². The maximum atomic E-state index is 10.7. The summed E-state index contributed by atoms with van der Waals surface area (Å²) in [6.45, 7) is 0. The van der Waals surface area contributed by atoms with E-state index >= 15 is 0 Å². The molecule has 0 saturated heterocycles. The van der Waals surface area contributed by atoms with Crippen LogP contribution in [-0.4, -0.2) is 6.29 Å². The lowest BCUT2D eigenvalue weighted by Gasteiger charge is -2.14. The highest BCUT2D eigenvalue weighted by Crippen LogP contribution is 2.30. The molecule has 0 aliphatic heterocycles. The standard InChI is InChI=1S/C14H14O/c15-11-10-14(13-8-4-5-9-13)12-6-2-1-3-7-12/h1-4,6-9,11,14H,5,10H2/t14-/m0/s1. The summed E-state index contributed by atoms with van der Waals surface area (Å²) < 4.78 is 0. The Bertz CT molecular complexity index is 387. The molecular weight excluding hydrogens is 184 g/mol. The highest BCUT2D eigenvalue weighted by molar-refractivity contribution is 5.55. The fourth-order valence-corrected chi connectivity index (χ4v) is 1.98. The second kappa shape index (κ2) is 4.74. The Hall–Kier alpha value is -1.63. The van der Waals surface area contributed by atoms with Crippen LogP contribution in [0.2, 0.25) is 0 Å². The van der Waals surface area contributed by atoms with Crippen LogP contribution in [0.15, 0.2) is 54.1 Å². The summed E-state index contributed by atoms with van der Waals surface area (Å²) in [5.74, 6) is 0.238. The van der Waals surface area contributed by atoms with Crippen molar-refractivity contribution in [2.75, 3.05) is 0 Å². The Balaban J connectivity index is 2.27. The average molecular weight is 198 g/mol. The van der Waals surface area contributed by atoms with Gasteiger partial charge in [-0.3, -0.25) is 0 Å². The van der Waals surface area contributed by atoms with Gasteiger partial charge in [-0.1, -0.05) is 48.6 Å². The number of rotatable bonds is 4. The Morgan fingerprint density at radius 3 is 2.67 bits per heavy atom. The third-order valence-electron chi connectivity index (χ3n) is 2.74. The van der Waals surface area contributed by atoms with Crippen LogP contribution in [0.5, 0.6) is 0 Å². The van der Waals surface area contributed by atoms with Gasteiger partial charge in [-0.2, -0.15) is 0 Å². The molecule has 1 atom stereocenters. The molecule has 0 radical (unpaired) electrons. The van der Waals surface area contributed by atoms with Crippen LogP contribution in [0, 0.1) is 0 Å². The lowest BCUT2D eigenvalue weighted by atomic mass is 9.89. The zero-order valence-electron chi connectivity index (χ0n) is 8.60. The predicted molar refractivity (Wildman–Crippen MR) is 61.7 cm³/mol. The van der Waals surface area contributed by atoms with Gasteiger partial charge in [0.25, 0.3) is 0 Å². The third-order valence-corrected chi connectivity index (χ3v) is 2.74. The quantitative estimate of drug-likeness (QED) is 0.679. The van der Waals surface area contributed by atoms with Crippen LogP contribution in [-0.2, 0) is 4.79 Å². The van der Waals surface area contributed by atoms with E-state index in [2.05, 4.69) is 30.4 Å². The summed E-state index contributed by atoms with van der Waals surface area (Å²) in [4.78, 5) is 10.7. The Morgan fingerprint density at radius 2 is 2.07 bits per heavy atom. The van der Waals surface area contributed by atoms with Crippen molar-refractivity contribution in [1.29, 1.82) is 0 Å². The van der Waals surface area contributed by atoms with E-state index in [0.717, 1.165) is 12.7 Å². The molecule has 1 aliphatic carbocycles. The minimum absolute atomic E-state index is 0.238. The molecule has 0 N–H and O–H groups in total. The summed E-state index contributed by atoms with van der Waals surface area (Å²) in [7, 11) is 0. The first-order valence-electron chi connectivity index (χ1n) is 5.27. The van der Waals surface area contributed by atoms with Gasteiger partial charge in [0, 0.05) is 12.3 Å². The maximum absolute atomic E-state index is 10.7. The molecule has 0 bridgehead atoms. The van der Waals surface area contributed by atoms with Crippen molar-refractivity contribution in [3.8, 4) is 0 Å². The second-order valence-corrected chi connectivity index (χ2v) is 3.71. The number of carbonyl (C=O) groups is 1. The van der Waals surface area contributed by atoms with E-state index < -0.39 is 0 Å². The van der Waals surface area contributed by atoms with Crippen molar-refractivity contribution in [2.24, 2.45) is 0 Å². The molecule has 1 aromatic rings. The number of hydrogen-bond acceptors (Lipinski definition) is 1. The average Bonchev–Trinajstić information content (AvgIpc) is 2.80. The molecule has 0 heterocycles. The van der Waals surface area contributed by atoms with Crippen molar-refractivity contribution in [1.82, 2.24) is 0 Å². The first-order valence-corrected chi connectivity index (χ1v) is 5.27. The molecule has 0 amide bonds. The smallest absolute Gasteiger partial charge is 0.120 e. The summed E-state index contributed by atoms with van der Waals surface area (Å²) in [6.07, 6.45) is 9.03. The molecule has 0 spiro atoms. The van der Waals surface area contributed by atoms with E-state index in [1.807, 2.05) is 18.2 Å². The minimum atomic E-state index is 0.238. The zero-order valence-corrected chi connectivity index (χ0v) is 8.60. The lowest BCUT2D eigenvalue weighted by molar-refractivity contribution is -0.108. The van der Waals surface area contributed by atoms with E-state index in [0.29, 0.717) is 6.42 Å². The topological polar surface area (TPSA) is 17.1 Å². The van der Waals surface area contributed by atoms with E-state index in [1.165, 1.54) is 11.1 Å². The van der Waals surface area contributed by atoms with Gasteiger partial charge in [0.2, 0.25) is 0 Å². The van der Waals surface area contributed by atoms with Crippen molar-refractivity contribution < 1.29 is 4.79 Å². The highest BCUT2D eigenvalue weighted by atomic mass is 16.1. The van der Waals surface area contributed by atoms with Gasteiger partial charge in [0.1, 0.15) is 6.29 Å². The Kier molecular flexibility index (Phi) is 3.13. The molecule has 0 saturated carbocycles. The van der Waals surface area contributed by atoms with E-state index in [-0.39, 0.29) is 5.92 Å². The van der Waals surface area contributed by atoms with Crippen LogP contribution < -0.4 is 0 Å². The molecule has 0 fully saturated rings. The van der Waals surface area contributed by atoms with Crippen LogP contribution in [0.1, 0.15) is 24.3 Å². The molecule has 76 valence electrons. The fraction of sp³-hybridized carbons (Fsp3) is 0.214. The van der Waals surface area contributed by atoms with Gasteiger partial charge in [0.05, 0.1) is 0 Å². The summed E-state index contributed by atoms with van der Waals surface area (Å²) in [5, 5.41) is 0. The first kappa shape index (κ1) is 9.91. The Labute approximate surface area is 90.1 Å². The monoisotopic (exact) mass is 198 g/mol. The number of carbonyl (C=O) groups excluding carboxylic acids is 1. The van der Waals surface area contributed by atoms with Gasteiger partial charge in [-0.05, 0) is 17.6 Å². The Morgan fingerprint density at radius 1 is 1.27 bits per heavy atom. The van der Waals surface area contributed by atoms with Crippen molar-refractivity contribution in [3.63, 3.8) is 0 Å². The summed E-state index contributed by atoms with van der Waals surface area (Å²) in [6, 6.07) is 10.2. The van der Waals surface area contributed by atoms with Gasteiger partial charge >= 0.3 is 0 Å². The lowest BCUT2D eigenvalue weighted by Crippen LogP contribution is -2.01. The maximum Gasteiger partial charge on any atom is 0.120 e. The predicted octanol–water partition coefficient (Wildman–Crippen LogP) is 3.25. The summed E-state index contributed by atoms with van der Waals surface area (Å²) in [5.41, 5.74) is 2.50. The normalized spacial score (nSPS) is 16.1. The molecule has 0 aromatic heterocycles. The van der Waals surface area contributed by atoms with Crippen LogP contribution in [0.25, 0.3) is 0 Å². The van der Waals surface area contributed by atoms with E-state index in [4.69, 9.17) is 0 Å². The van der Waals surface area contributed by atoms with Crippen LogP contribution >= 0.6 is 0 Å². The highest BCUT2D eigenvalue weighted by Gasteiger charge is 2.15. The molecule has 1 nitrogen and oxygen atoms in total. The first-order chi connectivity index (χ1) is 7.42. The molecule has 1 aliphatic rings. The summed E-state index contributed by atoms with van der Waals surface area (Å²) >= 11 is 0. The largest absolute Gasteiger partial charge is 0.303 e. The van der Waals surface area contributed by atoms with E-state index in [9.17, 15) is 4.79 Å². The fourth-order valence-electron chi connectivity index (χ4n) is 1.98. The van der Waals surface area contributed by atoms with Gasteiger partial charge in [0.15, 0.2) is 0 Å². The number of hydrogen-bond donors (Lipinski definition) is 0. The number of allylic oxidation sites excluding steroid dienone is 4. The van der Waals surface area contributed by atoms with Gasteiger partial charge in [-0.15, -0.1) is 0 Å². The van der Waals surface area contributed by atoms with Gasteiger partial charge in [-0.25, -0.2) is 0 Å². The number of aldehydes is 1. The zero-order chi connectivity index (χ0) is 10.5. The molecule has 0 unspecified atom stereocenters.